The summed E-state index contributed by atoms with van der Waals surface area (Å²) in [7, 11) is -2.83. The van der Waals surface area contributed by atoms with E-state index in [4.69, 9.17) is 0 Å². The van der Waals surface area contributed by atoms with E-state index in [-0.39, 0.29) is 17.7 Å². The molecule has 1 aliphatic rings. The third kappa shape index (κ3) is 5.57. The van der Waals surface area contributed by atoms with Crippen LogP contribution in [0.1, 0.15) is 31.0 Å². The van der Waals surface area contributed by atoms with E-state index in [9.17, 15) is 8.42 Å². The van der Waals surface area contributed by atoms with E-state index in [2.05, 4.69) is 20.6 Å². The molecule has 0 amide bonds. The van der Waals surface area contributed by atoms with Crippen molar-refractivity contribution in [2.24, 2.45) is 10.9 Å². The smallest absolute Gasteiger partial charge is 0.191 e. The maximum Gasteiger partial charge on any atom is 0.191 e. The fraction of sp³-hybridized carbons (Fsp3) is 0.714. The summed E-state index contributed by atoms with van der Waals surface area (Å²) in [4.78, 5) is 8.93. The van der Waals surface area contributed by atoms with Crippen molar-refractivity contribution in [1.82, 2.24) is 15.6 Å². The van der Waals surface area contributed by atoms with E-state index in [1.807, 2.05) is 26.2 Å². The van der Waals surface area contributed by atoms with E-state index in [0.717, 1.165) is 17.1 Å². The molecule has 0 saturated carbocycles. The first-order valence-corrected chi connectivity index (χ1v) is 10.2. The molecule has 0 radical (unpaired) electrons. The van der Waals surface area contributed by atoms with Gasteiger partial charge >= 0.3 is 0 Å². The number of hydrogen-bond acceptors (Lipinski definition) is 5. The maximum atomic E-state index is 11.5. The van der Waals surface area contributed by atoms with Gasteiger partial charge in [0.2, 0.25) is 0 Å². The van der Waals surface area contributed by atoms with Crippen LogP contribution in [0.5, 0.6) is 0 Å². The molecule has 1 aliphatic heterocycles. The summed E-state index contributed by atoms with van der Waals surface area (Å²) in [6.45, 7) is 7.23. The molecule has 1 saturated heterocycles. The Morgan fingerprint density at radius 2 is 2.32 bits per heavy atom. The molecule has 8 heteroatoms. The first-order chi connectivity index (χ1) is 10.3. The van der Waals surface area contributed by atoms with E-state index >= 15 is 0 Å². The van der Waals surface area contributed by atoms with E-state index in [0.29, 0.717) is 24.8 Å². The summed E-state index contributed by atoms with van der Waals surface area (Å²) in [6, 6.07) is 0.261. The predicted molar refractivity (Wildman–Crippen MR) is 91.0 cm³/mol. The fourth-order valence-corrected chi connectivity index (χ4v) is 4.88. The topological polar surface area (TPSA) is 83.5 Å². The highest BCUT2D eigenvalue weighted by Gasteiger charge is 2.27. The van der Waals surface area contributed by atoms with Crippen molar-refractivity contribution in [1.29, 1.82) is 0 Å². The lowest BCUT2D eigenvalue weighted by molar-refractivity contribution is 0.562. The van der Waals surface area contributed by atoms with Gasteiger partial charge in [0, 0.05) is 23.7 Å². The summed E-state index contributed by atoms with van der Waals surface area (Å²) in [6.07, 6.45) is 0.732. The van der Waals surface area contributed by atoms with Crippen LogP contribution < -0.4 is 10.6 Å². The van der Waals surface area contributed by atoms with E-state index in [1.54, 1.807) is 11.3 Å². The SMILES string of the molecule is Cc1csc(CN=C(NCC2CCS(=O)(=O)C2)NC(C)C)n1. The second-order valence-corrected chi connectivity index (χ2v) is 9.17. The van der Waals surface area contributed by atoms with Crippen LogP contribution in [0.3, 0.4) is 0 Å². The standard InChI is InChI=1S/C14H24N4O2S2/c1-10(2)17-14(16-7-13-18-11(3)8-21-13)15-6-12-4-5-22(19,20)9-12/h8,10,12H,4-7,9H2,1-3H3,(H2,15,16,17). The lowest BCUT2D eigenvalue weighted by Crippen LogP contribution is -2.43. The van der Waals surface area contributed by atoms with Gasteiger partial charge in [-0.1, -0.05) is 0 Å². The predicted octanol–water partition coefficient (Wildman–Crippen LogP) is 1.33. The number of aromatic nitrogens is 1. The molecule has 1 fully saturated rings. The lowest BCUT2D eigenvalue weighted by Gasteiger charge is -2.17. The zero-order valence-electron chi connectivity index (χ0n) is 13.3. The highest BCUT2D eigenvalue weighted by atomic mass is 32.2. The number of nitrogens with one attached hydrogen (secondary N) is 2. The molecule has 22 heavy (non-hydrogen) atoms. The number of aliphatic imine (C=N–C) groups is 1. The normalized spacial score (nSPS) is 21.3. The molecule has 2 heterocycles. The quantitative estimate of drug-likeness (QED) is 0.622. The molecule has 0 aromatic carbocycles. The number of sulfone groups is 1. The largest absolute Gasteiger partial charge is 0.356 e. The fourth-order valence-electron chi connectivity index (χ4n) is 2.32. The van der Waals surface area contributed by atoms with Gasteiger partial charge in [0.25, 0.3) is 0 Å². The Labute approximate surface area is 136 Å². The van der Waals surface area contributed by atoms with Crippen LogP contribution >= 0.6 is 11.3 Å². The number of thiazole rings is 1. The van der Waals surface area contributed by atoms with Gasteiger partial charge < -0.3 is 10.6 Å². The van der Waals surface area contributed by atoms with Gasteiger partial charge in [-0.05, 0) is 33.1 Å². The molecule has 0 bridgehead atoms. The highest BCUT2D eigenvalue weighted by molar-refractivity contribution is 7.91. The first-order valence-electron chi connectivity index (χ1n) is 7.50. The Bertz CT molecular complexity index is 623. The summed E-state index contributed by atoms with van der Waals surface area (Å²) in [5.74, 6) is 1.47. The number of aryl methyl sites for hydroxylation is 1. The molecule has 0 spiro atoms. The van der Waals surface area contributed by atoms with Crippen LogP contribution in [0.4, 0.5) is 0 Å². The van der Waals surface area contributed by atoms with Gasteiger partial charge in [0.1, 0.15) is 5.01 Å². The Morgan fingerprint density at radius 3 is 2.86 bits per heavy atom. The Morgan fingerprint density at radius 1 is 1.55 bits per heavy atom. The van der Waals surface area contributed by atoms with Crippen molar-refractivity contribution in [2.45, 2.75) is 39.8 Å². The number of nitrogens with zero attached hydrogens (tertiary/aromatic N) is 2. The van der Waals surface area contributed by atoms with Gasteiger partial charge in [-0.2, -0.15) is 0 Å². The molecule has 124 valence electrons. The second-order valence-electron chi connectivity index (χ2n) is 6.00. The number of rotatable bonds is 5. The molecule has 1 aromatic rings. The zero-order chi connectivity index (χ0) is 16.2. The first kappa shape index (κ1) is 17.2. The van der Waals surface area contributed by atoms with Crippen LogP contribution in [-0.2, 0) is 16.4 Å². The van der Waals surface area contributed by atoms with Crippen molar-refractivity contribution in [3.63, 3.8) is 0 Å². The Balaban J connectivity index is 1.91. The van der Waals surface area contributed by atoms with Crippen molar-refractivity contribution in [3.8, 4) is 0 Å². The van der Waals surface area contributed by atoms with Gasteiger partial charge in [-0.3, -0.25) is 0 Å². The molecule has 1 aromatic heterocycles. The third-order valence-electron chi connectivity index (χ3n) is 3.35. The molecule has 0 aliphatic carbocycles. The van der Waals surface area contributed by atoms with Crippen LogP contribution in [0, 0.1) is 12.8 Å². The van der Waals surface area contributed by atoms with Gasteiger partial charge in [-0.25, -0.2) is 18.4 Å². The minimum Gasteiger partial charge on any atom is -0.356 e. The second kappa shape index (κ2) is 7.41. The lowest BCUT2D eigenvalue weighted by atomic mass is 10.1. The molecule has 2 N–H and O–H groups in total. The number of guanidine groups is 1. The summed E-state index contributed by atoms with van der Waals surface area (Å²) < 4.78 is 23.0. The van der Waals surface area contributed by atoms with Crippen molar-refractivity contribution in [2.75, 3.05) is 18.1 Å². The van der Waals surface area contributed by atoms with Gasteiger partial charge in [0.15, 0.2) is 15.8 Å². The average molecular weight is 345 g/mol. The molecule has 1 unspecified atom stereocenters. The van der Waals surface area contributed by atoms with Crippen molar-refractivity contribution >= 4 is 27.1 Å². The number of hydrogen-bond donors (Lipinski definition) is 2. The summed E-state index contributed by atoms with van der Waals surface area (Å²) in [5, 5.41) is 9.52. The van der Waals surface area contributed by atoms with Crippen LogP contribution in [0.2, 0.25) is 0 Å². The molecule has 6 nitrogen and oxygen atoms in total. The van der Waals surface area contributed by atoms with Gasteiger partial charge in [0.05, 0.1) is 18.1 Å². The highest BCUT2D eigenvalue weighted by Crippen LogP contribution is 2.17. The molecule has 2 rings (SSSR count). The Hall–Kier alpha value is -1.15. The molecular formula is C14H24N4O2S2. The molecule has 1 atom stereocenters. The minimum absolute atomic E-state index is 0.172. The summed E-state index contributed by atoms with van der Waals surface area (Å²) in [5.41, 5.74) is 1.01. The van der Waals surface area contributed by atoms with E-state index < -0.39 is 9.84 Å². The Kier molecular flexibility index (Phi) is 5.80. The minimum atomic E-state index is -2.83. The summed E-state index contributed by atoms with van der Waals surface area (Å²) >= 11 is 1.60. The van der Waals surface area contributed by atoms with Crippen molar-refractivity contribution in [3.05, 3.63) is 16.1 Å². The van der Waals surface area contributed by atoms with E-state index in [1.165, 1.54) is 0 Å². The molecular weight excluding hydrogens is 320 g/mol. The van der Waals surface area contributed by atoms with Crippen molar-refractivity contribution < 1.29 is 8.42 Å². The third-order valence-corrected chi connectivity index (χ3v) is 6.14. The van der Waals surface area contributed by atoms with Crippen LogP contribution in [0.15, 0.2) is 10.4 Å². The monoisotopic (exact) mass is 344 g/mol. The van der Waals surface area contributed by atoms with Crippen LogP contribution in [0.25, 0.3) is 0 Å². The zero-order valence-corrected chi connectivity index (χ0v) is 14.9. The average Bonchev–Trinajstić information content (AvgIpc) is 2.98. The van der Waals surface area contributed by atoms with Gasteiger partial charge in [-0.15, -0.1) is 11.3 Å². The van der Waals surface area contributed by atoms with Crippen LogP contribution in [-0.4, -0.2) is 43.5 Å². The maximum absolute atomic E-state index is 11.5.